The number of benzene rings is 3. The van der Waals surface area contributed by atoms with Crippen LogP contribution in [0, 0.1) is 10.1 Å². The number of nitro benzene ring substituents is 1. The van der Waals surface area contributed by atoms with Crippen LogP contribution in [0.2, 0.25) is 0 Å². The molecule has 182 valence electrons. The van der Waals surface area contributed by atoms with Gasteiger partial charge in [-0.3, -0.25) is 19.2 Å². The number of nitrogens with one attached hydrogen (secondary N) is 1. The zero-order chi connectivity index (χ0) is 25.0. The maximum absolute atomic E-state index is 13.4. The summed E-state index contributed by atoms with van der Waals surface area (Å²) in [6, 6.07) is 17.6. The van der Waals surface area contributed by atoms with Crippen LogP contribution in [-0.2, 0) is 14.8 Å². The Morgan fingerprint density at radius 3 is 2.46 bits per heavy atom. The number of ether oxygens (including phenoxy) is 2. The highest BCUT2D eigenvalue weighted by molar-refractivity contribution is 7.92. The average Bonchev–Trinajstić information content (AvgIpc) is 2.87. The highest BCUT2D eigenvalue weighted by atomic mass is 32.2. The third-order valence-corrected chi connectivity index (χ3v) is 7.18. The first kappa shape index (κ1) is 24.0. The highest BCUT2D eigenvalue weighted by Crippen LogP contribution is 2.33. The lowest BCUT2D eigenvalue weighted by Crippen LogP contribution is -2.41. The fraction of sp³-hybridized carbons (Fsp3) is 0.208. The fourth-order valence-electron chi connectivity index (χ4n) is 3.63. The molecule has 1 amide bonds. The Kier molecular flexibility index (Phi) is 6.87. The standard InChI is InChI=1S/C24H23N3O7S/c1-17(18-10-11-22-23(14-18)34-13-12-33-22)25-24(28)16-26(19-6-5-7-20(15-19)27(29)30)35(31,32)21-8-3-2-4-9-21/h2-11,14-15,17H,12-13,16H2,1H3,(H,25,28). The Labute approximate surface area is 202 Å². The second kappa shape index (κ2) is 10.0. The summed E-state index contributed by atoms with van der Waals surface area (Å²) in [6.45, 7) is 2.06. The molecule has 10 nitrogen and oxygen atoms in total. The number of anilines is 1. The molecule has 1 aliphatic rings. The first-order valence-corrected chi connectivity index (χ1v) is 12.2. The minimum Gasteiger partial charge on any atom is -0.486 e. The number of hydrogen-bond donors (Lipinski definition) is 1. The quantitative estimate of drug-likeness (QED) is 0.373. The Morgan fingerprint density at radius 1 is 1.03 bits per heavy atom. The van der Waals surface area contributed by atoms with Gasteiger partial charge in [0.2, 0.25) is 5.91 Å². The summed E-state index contributed by atoms with van der Waals surface area (Å²) < 4.78 is 38.8. The molecule has 0 aromatic heterocycles. The minimum atomic E-state index is -4.19. The van der Waals surface area contributed by atoms with Crippen molar-refractivity contribution in [3.8, 4) is 11.5 Å². The van der Waals surface area contributed by atoms with Crippen molar-refractivity contribution in [2.75, 3.05) is 24.1 Å². The Hall–Kier alpha value is -4.12. The molecule has 0 radical (unpaired) electrons. The Morgan fingerprint density at radius 2 is 1.74 bits per heavy atom. The van der Waals surface area contributed by atoms with Gasteiger partial charge in [0.1, 0.15) is 19.8 Å². The van der Waals surface area contributed by atoms with Crippen molar-refractivity contribution in [2.45, 2.75) is 17.9 Å². The van der Waals surface area contributed by atoms with E-state index in [1.54, 1.807) is 43.3 Å². The zero-order valence-corrected chi connectivity index (χ0v) is 19.6. The molecule has 1 unspecified atom stereocenters. The Balaban J connectivity index is 1.60. The van der Waals surface area contributed by atoms with E-state index in [9.17, 15) is 23.3 Å². The fourth-order valence-corrected chi connectivity index (χ4v) is 5.06. The molecule has 3 aromatic rings. The first-order chi connectivity index (χ1) is 16.8. The lowest BCUT2D eigenvalue weighted by Gasteiger charge is -2.25. The van der Waals surface area contributed by atoms with Gasteiger partial charge in [-0.15, -0.1) is 0 Å². The highest BCUT2D eigenvalue weighted by Gasteiger charge is 2.29. The summed E-state index contributed by atoms with van der Waals surface area (Å²) in [5.74, 6) is 0.599. The number of fused-ring (bicyclic) bond motifs is 1. The smallest absolute Gasteiger partial charge is 0.271 e. The lowest BCUT2D eigenvalue weighted by molar-refractivity contribution is -0.384. The molecule has 0 saturated carbocycles. The van der Waals surface area contributed by atoms with Gasteiger partial charge in [0.25, 0.3) is 15.7 Å². The minimum absolute atomic E-state index is 0.00480. The summed E-state index contributed by atoms with van der Waals surface area (Å²) in [6.07, 6.45) is 0. The third-order valence-electron chi connectivity index (χ3n) is 5.39. The first-order valence-electron chi connectivity index (χ1n) is 10.8. The molecule has 1 atom stereocenters. The molecule has 11 heteroatoms. The van der Waals surface area contributed by atoms with E-state index in [0.29, 0.717) is 24.7 Å². The molecule has 4 rings (SSSR count). The molecule has 35 heavy (non-hydrogen) atoms. The van der Waals surface area contributed by atoms with Crippen LogP contribution in [0.4, 0.5) is 11.4 Å². The average molecular weight is 498 g/mol. The van der Waals surface area contributed by atoms with Gasteiger partial charge in [0.15, 0.2) is 11.5 Å². The number of non-ortho nitro benzene ring substituents is 1. The summed E-state index contributed by atoms with van der Waals surface area (Å²) in [7, 11) is -4.19. The molecule has 0 saturated heterocycles. The summed E-state index contributed by atoms with van der Waals surface area (Å²) in [4.78, 5) is 23.6. The van der Waals surface area contributed by atoms with Crippen molar-refractivity contribution >= 4 is 27.3 Å². The molecular formula is C24H23N3O7S. The van der Waals surface area contributed by atoms with Gasteiger partial charge in [0, 0.05) is 12.1 Å². The summed E-state index contributed by atoms with van der Waals surface area (Å²) in [5.41, 5.74) is 0.460. The van der Waals surface area contributed by atoms with E-state index in [1.165, 1.54) is 30.3 Å². The number of hydrogen-bond acceptors (Lipinski definition) is 7. The molecule has 0 spiro atoms. The van der Waals surface area contributed by atoms with Crippen molar-refractivity contribution in [1.29, 1.82) is 0 Å². The number of amides is 1. The number of nitrogens with zero attached hydrogens (tertiary/aromatic N) is 2. The van der Waals surface area contributed by atoms with Gasteiger partial charge in [-0.2, -0.15) is 0 Å². The number of rotatable bonds is 8. The SMILES string of the molecule is CC(NC(=O)CN(c1cccc([N+](=O)[O-])c1)S(=O)(=O)c1ccccc1)c1ccc2c(c1)OCCO2. The topological polar surface area (TPSA) is 128 Å². The van der Waals surface area contributed by atoms with E-state index in [0.717, 1.165) is 15.9 Å². The van der Waals surface area contributed by atoms with Crippen LogP contribution in [0.3, 0.4) is 0 Å². The summed E-state index contributed by atoms with van der Waals surface area (Å²) >= 11 is 0. The van der Waals surface area contributed by atoms with E-state index in [4.69, 9.17) is 9.47 Å². The van der Waals surface area contributed by atoms with Gasteiger partial charge in [-0.1, -0.05) is 30.3 Å². The van der Waals surface area contributed by atoms with Gasteiger partial charge < -0.3 is 14.8 Å². The van der Waals surface area contributed by atoms with Crippen LogP contribution >= 0.6 is 0 Å². The van der Waals surface area contributed by atoms with Crippen LogP contribution in [0.25, 0.3) is 0 Å². The van der Waals surface area contributed by atoms with E-state index >= 15 is 0 Å². The van der Waals surface area contributed by atoms with E-state index in [2.05, 4.69) is 5.32 Å². The number of sulfonamides is 1. The van der Waals surface area contributed by atoms with E-state index in [-0.39, 0.29) is 16.3 Å². The van der Waals surface area contributed by atoms with E-state index in [1.807, 2.05) is 0 Å². The van der Waals surface area contributed by atoms with Crippen molar-refractivity contribution in [2.24, 2.45) is 0 Å². The van der Waals surface area contributed by atoms with Gasteiger partial charge in [-0.05, 0) is 42.8 Å². The molecule has 0 bridgehead atoms. The largest absolute Gasteiger partial charge is 0.486 e. The molecular weight excluding hydrogens is 474 g/mol. The molecule has 1 N–H and O–H groups in total. The van der Waals surface area contributed by atoms with Crippen LogP contribution in [0.1, 0.15) is 18.5 Å². The maximum Gasteiger partial charge on any atom is 0.271 e. The monoisotopic (exact) mass is 497 g/mol. The molecule has 3 aromatic carbocycles. The van der Waals surface area contributed by atoms with Crippen LogP contribution in [-0.4, -0.2) is 39.0 Å². The molecule has 0 fully saturated rings. The Bertz CT molecular complexity index is 1350. The van der Waals surface area contributed by atoms with Gasteiger partial charge >= 0.3 is 0 Å². The molecule has 1 heterocycles. The number of nitro groups is 1. The van der Waals surface area contributed by atoms with Gasteiger partial charge in [0.05, 0.1) is 21.5 Å². The number of carbonyl (C=O) groups excluding carboxylic acids is 1. The normalized spacial score (nSPS) is 13.5. The van der Waals surface area contributed by atoms with Crippen LogP contribution in [0.5, 0.6) is 11.5 Å². The maximum atomic E-state index is 13.4. The number of carbonyl (C=O) groups is 1. The van der Waals surface area contributed by atoms with Crippen molar-refractivity contribution in [3.63, 3.8) is 0 Å². The second-order valence-corrected chi connectivity index (χ2v) is 9.66. The molecule has 1 aliphatic heterocycles. The lowest BCUT2D eigenvalue weighted by atomic mass is 10.1. The predicted molar refractivity (Wildman–Crippen MR) is 128 cm³/mol. The zero-order valence-electron chi connectivity index (χ0n) is 18.8. The van der Waals surface area contributed by atoms with E-state index < -0.39 is 33.4 Å². The predicted octanol–water partition coefficient (Wildman–Crippen LogP) is 3.44. The van der Waals surface area contributed by atoms with Crippen molar-refractivity contribution in [3.05, 3.63) is 88.5 Å². The third kappa shape index (κ3) is 5.35. The molecule has 0 aliphatic carbocycles. The van der Waals surface area contributed by atoms with Gasteiger partial charge in [-0.25, -0.2) is 8.42 Å². The van der Waals surface area contributed by atoms with Crippen LogP contribution < -0.4 is 19.1 Å². The summed E-state index contributed by atoms with van der Waals surface area (Å²) in [5, 5.41) is 14.1. The van der Waals surface area contributed by atoms with Crippen molar-refractivity contribution in [1.82, 2.24) is 5.32 Å². The van der Waals surface area contributed by atoms with Crippen LogP contribution in [0.15, 0.2) is 77.7 Å². The van der Waals surface area contributed by atoms with Crippen molar-refractivity contribution < 1.29 is 27.6 Å². The second-order valence-electron chi connectivity index (χ2n) is 7.79.